The second-order valence-corrected chi connectivity index (χ2v) is 6.40. The quantitative estimate of drug-likeness (QED) is 0.645. The Morgan fingerprint density at radius 2 is 1.75 bits per heavy atom. The first-order chi connectivity index (χ1) is 9.53. The number of benzene rings is 1. The molecule has 0 aliphatic heterocycles. The van der Waals surface area contributed by atoms with E-state index in [2.05, 4.69) is 18.6 Å². The molecule has 0 fully saturated rings. The van der Waals surface area contributed by atoms with Crippen LogP contribution >= 0.6 is 0 Å². The molecule has 1 rings (SSSR count). The first-order valence-corrected chi connectivity index (χ1v) is 8.49. The summed E-state index contributed by atoms with van der Waals surface area (Å²) in [5.74, 6) is 0.647. The SMILES string of the molecule is CC[NH+](CC)CCCNS(=O)(=O)c1ccc(OC)cc1. The van der Waals surface area contributed by atoms with Crippen LogP contribution in [0.5, 0.6) is 5.75 Å². The molecular formula is C14H25N2O3S+. The van der Waals surface area contributed by atoms with Crippen LogP contribution in [0.2, 0.25) is 0 Å². The molecule has 1 aromatic carbocycles. The summed E-state index contributed by atoms with van der Waals surface area (Å²) >= 11 is 0. The van der Waals surface area contributed by atoms with Crippen molar-refractivity contribution in [2.45, 2.75) is 25.2 Å². The van der Waals surface area contributed by atoms with E-state index in [0.29, 0.717) is 12.3 Å². The number of rotatable bonds is 9. The average Bonchev–Trinajstić information content (AvgIpc) is 2.47. The van der Waals surface area contributed by atoms with E-state index in [-0.39, 0.29) is 4.90 Å². The first-order valence-electron chi connectivity index (χ1n) is 7.00. The highest BCUT2D eigenvalue weighted by Gasteiger charge is 2.13. The van der Waals surface area contributed by atoms with E-state index < -0.39 is 10.0 Å². The van der Waals surface area contributed by atoms with Crippen LogP contribution in [0.3, 0.4) is 0 Å². The Hall–Kier alpha value is -1.11. The molecule has 0 aliphatic carbocycles. The molecular weight excluding hydrogens is 276 g/mol. The van der Waals surface area contributed by atoms with Gasteiger partial charge in [-0.05, 0) is 38.1 Å². The van der Waals surface area contributed by atoms with E-state index in [4.69, 9.17) is 4.74 Å². The maximum absolute atomic E-state index is 12.1. The fraction of sp³-hybridized carbons (Fsp3) is 0.571. The molecule has 20 heavy (non-hydrogen) atoms. The Labute approximate surface area is 122 Å². The summed E-state index contributed by atoms with van der Waals surface area (Å²) in [6, 6.07) is 6.40. The van der Waals surface area contributed by atoms with Crippen molar-refractivity contribution in [2.75, 3.05) is 33.3 Å². The predicted octanol–water partition coefficient (Wildman–Crippen LogP) is 0.288. The van der Waals surface area contributed by atoms with Crippen LogP contribution in [-0.4, -0.2) is 41.7 Å². The standard InChI is InChI=1S/C14H24N2O3S/c1-4-16(5-2)12-6-11-15-20(17,18)14-9-7-13(19-3)8-10-14/h7-10,15H,4-6,11-12H2,1-3H3/p+1. The zero-order valence-corrected chi connectivity index (χ0v) is 13.3. The van der Waals surface area contributed by atoms with Gasteiger partial charge in [-0.3, -0.25) is 0 Å². The van der Waals surface area contributed by atoms with E-state index in [1.165, 1.54) is 4.90 Å². The third-order valence-corrected chi connectivity index (χ3v) is 4.85. The van der Waals surface area contributed by atoms with Crippen LogP contribution in [0.1, 0.15) is 20.3 Å². The molecule has 0 radical (unpaired) electrons. The molecule has 0 saturated heterocycles. The van der Waals surface area contributed by atoms with Gasteiger partial charge in [-0.2, -0.15) is 0 Å². The van der Waals surface area contributed by atoms with Gasteiger partial charge in [-0.1, -0.05) is 0 Å². The minimum Gasteiger partial charge on any atom is -0.497 e. The van der Waals surface area contributed by atoms with Crippen molar-refractivity contribution in [1.82, 2.24) is 4.72 Å². The fourth-order valence-electron chi connectivity index (χ4n) is 1.99. The summed E-state index contributed by atoms with van der Waals surface area (Å²) in [5, 5.41) is 0. The summed E-state index contributed by atoms with van der Waals surface area (Å²) < 4.78 is 31.8. The molecule has 1 aromatic rings. The maximum atomic E-state index is 12.1. The minimum absolute atomic E-state index is 0.272. The monoisotopic (exact) mass is 301 g/mol. The van der Waals surface area contributed by atoms with Crippen LogP contribution in [0, 0.1) is 0 Å². The second-order valence-electron chi connectivity index (χ2n) is 4.63. The average molecular weight is 301 g/mol. The molecule has 0 aliphatic rings. The fourth-order valence-corrected chi connectivity index (χ4v) is 3.06. The second kappa shape index (κ2) is 8.24. The lowest BCUT2D eigenvalue weighted by Crippen LogP contribution is -3.11. The van der Waals surface area contributed by atoms with E-state index >= 15 is 0 Å². The van der Waals surface area contributed by atoms with Gasteiger partial charge in [0.2, 0.25) is 10.0 Å². The Morgan fingerprint density at radius 3 is 2.25 bits per heavy atom. The van der Waals surface area contributed by atoms with E-state index in [1.807, 2.05) is 0 Å². The van der Waals surface area contributed by atoms with E-state index in [0.717, 1.165) is 26.1 Å². The van der Waals surface area contributed by atoms with Gasteiger partial charge in [0.1, 0.15) is 5.75 Å². The van der Waals surface area contributed by atoms with Crippen LogP contribution in [0.15, 0.2) is 29.2 Å². The minimum atomic E-state index is -3.41. The van der Waals surface area contributed by atoms with Crippen molar-refractivity contribution < 1.29 is 18.1 Å². The highest BCUT2D eigenvalue weighted by atomic mass is 32.2. The Kier molecular flexibility index (Phi) is 6.98. The van der Waals surface area contributed by atoms with E-state index in [9.17, 15) is 8.42 Å². The molecule has 2 N–H and O–H groups in total. The highest BCUT2D eigenvalue weighted by Crippen LogP contribution is 2.14. The zero-order chi connectivity index (χ0) is 15.0. The molecule has 0 aromatic heterocycles. The predicted molar refractivity (Wildman–Crippen MR) is 79.7 cm³/mol. The lowest BCUT2D eigenvalue weighted by Gasteiger charge is -2.15. The number of hydrogen-bond acceptors (Lipinski definition) is 3. The molecule has 6 heteroatoms. The highest BCUT2D eigenvalue weighted by molar-refractivity contribution is 7.89. The number of hydrogen-bond donors (Lipinski definition) is 2. The summed E-state index contributed by atoms with van der Waals surface area (Å²) in [7, 11) is -1.86. The Balaban J connectivity index is 2.48. The normalized spacial score (nSPS) is 11.8. The molecule has 0 heterocycles. The summed E-state index contributed by atoms with van der Waals surface area (Å²) in [5.41, 5.74) is 0. The van der Waals surface area contributed by atoms with Gasteiger partial charge in [0.25, 0.3) is 0 Å². The van der Waals surface area contributed by atoms with Gasteiger partial charge in [0.05, 0.1) is 31.6 Å². The third kappa shape index (κ3) is 5.11. The van der Waals surface area contributed by atoms with Gasteiger partial charge in [-0.25, -0.2) is 13.1 Å². The van der Waals surface area contributed by atoms with Gasteiger partial charge in [0, 0.05) is 13.0 Å². The molecule has 0 atom stereocenters. The molecule has 0 amide bonds. The van der Waals surface area contributed by atoms with Crippen molar-refractivity contribution in [3.05, 3.63) is 24.3 Å². The van der Waals surface area contributed by atoms with Crippen LogP contribution < -0.4 is 14.4 Å². The summed E-state index contributed by atoms with van der Waals surface area (Å²) in [4.78, 5) is 1.75. The first kappa shape index (κ1) is 16.9. The summed E-state index contributed by atoms with van der Waals surface area (Å²) in [6.45, 7) is 7.88. The summed E-state index contributed by atoms with van der Waals surface area (Å²) in [6.07, 6.45) is 0.840. The molecule has 0 unspecified atom stereocenters. The number of ether oxygens (including phenoxy) is 1. The van der Waals surface area contributed by atoms with Crippen molar-refractivity contribution in [2.24, 2.45) is 0 Å². The smallest absolute Gasteiger partial charge is 0.240 e. The largest absolute Gasteiger partial charge is 0.497 e. The number of sulfonamides is 1. The van der Waals surface area contributed by atoms with Crippen molar-refractivity contribution in [3.8, 4) is 5.75 Å². The van der Waals surface area contributed by atoms with Gasteiger partial charge in [-0.15, -0.1) is 0 Å². The molecule has 5 nitrogen and oxygen atoms in total. The zero-order valence-electron chi connectivity index (χ0n) is 12.5. The number of methoxy groups -OCH3 is 1. The van der Waals surface area contributed by atoms with Crippen LogP contribution in [-0.2, 0) is 10.0 Å². The van der Waals surface area contributed by atoms with E-state index in [1.54, 1.807) is 31.4 Å². The van der Waals surface area contributed by atoms with Gasteiger partial charge < -0.3 is 9.64 Å². The lowest BCUT2D eigenvalue weighted by atomic mass is 10.3. The Morgan fingerprint density at radius 1 is 1.15 bits per heavy atom. The maximum Gasteiger partial charge on any atom is 0.240 e. The molecule has 0 saturated carbocycles. The molecule has 0 spiro atoms. The van der Waals surface area contributed by atoms with Gasteiger partial charge in [0.15, 0.2) is 0 Å². The number of quaternary nitrogens is 1. The van der Waals surface area contributed by atoms with Crippen molar-refractivity contribution >= 4 is 10.0 Å². The van der Waals surface area contributed by atoms with Crippen molar-refractivity contribution in [1.29, 1.82) is 0 Å². The molecule has 114 valence electrons. The van der Waals surface area contributed by atoms with Crippen LogP contribution in [0.4, 0.5) is 0 Å². The van der Waals surface area contributed by atoms with Crippen molar-refractivity contribution in [3.63, 3.8) is 0 Å². The lowest BCUT2D eigenvalue weighted by molar-refractivity contribution is -0.896. The Bertz CT molecular complexity index is 482. The number of nitrogens with one attached hydrogen (secondary N) is 2. The third-order valence-electron chi connectivity index (χ3n) is 3.37. The van der Waals surface area contributed by atoms with Crippen LogP contribution in [0.25, 0.3) is 0 Å². The topological polar surface area (TPSA) is 59.8 Å². The molecule has 0 bridgehead atoms. The van der Waals surface area contributed by atoms with Gasteiger partial charge >= 0.3 is 0 Å².